The molecule has 5 rings (SSSR count). The van der Waals surface area contributed by atoms with E-state index in [1.54, 1.807) is 0 Å². The van der Waals surface area contributed by atoms with Crippen LogP contribution in [-0.4, -0.2) is 0 Å². The van der Waals surface area contributed by atoms with E-state index in [1.165, 1.54) is 43.8 Å². The van der Waals surface area contributed by atoms with Gasteiger partial charge in [-0.05, 0) is 62.4 Å². The van der Waals surface area contributed by atoms with E-state index in [9.17, 15) is 0 Å². The number of benzene rings is 5. The summed E-state index contributed by atoms with van der Waals surface area (Å²) in [6.45, 7) is 0. The maximum absolute atomic E-state index is 6.13. The van der Waals surface area contributed by atoms with Gasteiger partial charge in [-0.15, -0.1) is 0 Å². The summed E-state index contributed by atoms with van der Waals surface area (Å²) in [5.74, 6) is 0. The molecule has 0 spiro atoms. The second-order valence-corrected chi connectivity index (χ2v) is 7.30. The minimum absolute atomic E-state index is 0.846. The minimum Gasteiger partial charge on any atom is -0.398 e. The molecule has 1 heteroatoms. The molecule has 28 heavy (non-hydrogen) atoms. The molecule has 0 amide bonds. The smallest absolute Gasteiger partial charge is 0.0349 e. The van der Waals surface area contributed by atoms with E-state index in [-0.39, 0.29) is 0 Å². The molecule has 1 nitrogen and oxygen atoms in total. The standard InChI is InChI=1S/C27H21N/c28-27-11-4-2-8-24(27)17-19-6-5-9-21(16-19)22-14-15-26-23(18-22)13-12-20-7-1-3-10-25(20)26/h1-16,18H,17,28H2. The molecule has 0 aliphatic rings. The fourth-order valence-corrected chi connectivity index (χ4v) is 3.97. The van der Waals surface area contributed by atoms with Crippen LogP contribution < -0.4 is 5.73 Å². The molecule has 0 saturated carbocycles. The highest BCUT2D eigenvalue weighted by molar-refractivity contribution is 6.08. The molecule has 0 atom stereocenters. The highest BCUT2D eigenvalue weighted by Gasteiger charge is 2.05. The molecule has 0 radical (unpaired) electrons. The topological polar surface area (TPSA) is 26.0 Å². The van der Waals surface area contributed by atoms with Crippen LogP contribution in [0.3, 0.4) is 0 Å². The predicted molar refractivity (Wildman–Crippen MR) is 121 cm³/mol. The van der Waals surface area contributed by atoms with Gasteiger partial charge < -0.3 is 5.73 Å². The fourth-order valence-electron chi connectivity index (χ4n) is 3.97. The van der Waals surface area contributed by atoms with Crippen LogP contribution in [0.1, 0.15) is 11.1 Å². The zero-order valence-corrected chi connectivity index (χ0v) is 15.6. The van der Waals surface area contributed by atoms with Crippen LogP contribution in [0.15, 0.2) is 103 Å². The van der Waals surface area contributed by atoms with Crippen LogP contribution in [0, 0.1) is 0 Å². The first-order chi connectivity index (χ1) is 13.8. The molecule has 0 aromatic heterocycles. The Balaban J connectivity index is 1.55. The largest absolute Gasteiger partial charge is 0.398 e. The molecule has 5 aromatic carbocycles. The van der Waals surface area contributed by atoms with Gasteiger partial charge in [0.05, 0.1) is 0 Å². The normalized spacial score (nSPS) is 11.1. The lowest BCUT2D eigenvalue weighted by molar-refractivity contribution is 1.20. The molecule has 2 N–H and O–H groups in total. The molecular weight excluding hydrogens is 338 g/mol. The number of nitrogens with two attached hydrogens (primary N) is 1. The number of nitrogen functional groups attached to an aromatic ring is 1. The molecule has 0 bridgehead atoms. The summed E-state index contributed by atoms with van der Waals surface area (Å²) < 4.78 is 0. The lowest BCUT2D eigenvalue weighted by Crippen LogP contribution is -1.95. The molecule has 0 aliphatic carbocycles. The average Bonchev–Trinajstić information content (AvgIpc) is 2.75. The molecule has 0 saturated heterocycles. The minimum atomic E-state index is 0.846. The maximum Gasteiger partial charge on any atom is 0.0349 e. The molecule has 5 aromatic rings. The Hall–Kier alpha value is -3.58. The zero-order valence-electron chi connectivity index (χ0n) is 15.6. The third-order valence-corrected chi connectivity index (χ3v) is 5.45. The van der Waals surface area contributed by atoms with Crippen molar-refractivity contribution >= 4 is 27.2 Å². The molecular formula is C27H21N. The summed E-state index contributed by atoms with van der Waals surface area (Å²) in [7, 11) is 0. The Bertz CT molecular complexity index is 1300. The van der Waals surface area contributed by atoms with Crippen molar-refractivity contribution in [3.63, 3.8) is 0 Å². The molecule has 0 aliphatic heterocycles. The second-order valence-electron chi connectivity index (χ2n) is 7.30. The number of hydrogen-bond acceptors (Lipinski definition) is 1. The SMILES string of the molecule is Nc1ccccc1Cc1cccc(-c2ccc3c(ccc4ccccc43)c2)c1. The Kier molecular flexibility index (Phi) is 4.06. The third-order valence-electron chi connectivity index (χ3n) is 5.45. The molecule has 0 fully saturated rings. The highest BCUT2D eigenvalue weighted by atomic mass is 14.6. The van der Waals surface area contributed by atoms with Crippen LogP contribution >= 0.6 is 0 Å². The summed E-state index contributed by atoms with van der Waals surface area (Å²) >= 11 is 0. The number of para-hydroxylation sites is 1. The van der Waals surface area contributed by atoms with Crippen LogP contribution in [0.25, 0.3) is 32.7 Å². The van der Waals surface area contributed by atoms with Gasteiger partial charge in [-0.3, -0.25) is 0 Å². The van der Waals surface area contributed by atoms with E-state index >= 15 is 0 Å². The summed E-state index contributed by atoms with van der Waals surface area (Å²) in [6.07, 6.45) is 0.846. The number of hydrogen-bond donors (Lipinski definition) is 1. The van der Waals surface area contributed by atoms with E-state index in [4.69, 9.17) is 5.73 Å². The molecule has 0 heterocycles. The Labute approximate surface area is 165 Å². The first-order valence-electron chi connectivity index (χ1n) is 9.62. The van der Waals surface area contributed by atoms with Gasteiger partial charge in [0.1, 0.15) is 0 Å². The maximum atomic E-state index is 6.13. The van der Waals surface area contributed by atoms with Crippen molar-refractivity contribution in [2.24, 2.45) is 0 Å². The van der Waals surface area contributed by atoms with Gasteiger partial charge >= 0.3 is 0 Å². The van der Waals surface area contributed by atoms with Gasteiger partial charge in [0.25, 0.3) is 0 Å². The lowest BCUT2D eigenvalue weighted by atomic mass is 9.95. The summed E-state index contributed by atoms with van der Waals surface area (Å²) in [5.41, 5.74) is 11.9. The van der Waals surface area contributed by atoms with Crippen molar-refractivity contribution in [2.75, 3.05) is 5.73 Å². The quantitative estimate of drug-likeness (QED) is 0.277. The van der Waals surface area contributed by atoms with E-state index in [0.29, 0.717) is 0 Å². The van der Waals surface area contributed by atoms with E-state index in [0.717, 1.165) is 12.1 Å². The Morgan fingerprint density at radius 2 is 1.29 bits per heavy atom. The average molecular weight is 359 g/mol. The summed E-state index contributed by atoms with van der Waals surface area (Å²) in [6, 6.07) is 36.6. The summed E-state index contributed by atoms with van der Waals surface area (Å²) in [4.78, 5) is 0. The number of fused-ring (bicyclic) bond motifs is 3. The first-order valence-corrected chi connectivity index (χ1v) is 9.62. The van der Waals surface area contributed by atoms with Gasteiger partial charge in [0.2, 0.25) is 0 Å². The van der Waals surface area contributed by atoms with E-state index < -0.39 is 0 Å². The van der Waals surface area contributed by atoms with Crippen molar-refractivity contribution in [3.05, 3.63) is 114 Å². The number of rotatable bonds is 3. The van der Waals surface area contributed by atoms with Crippen molar-refractivity contribution in [1.82, 2.24) is 0 Å². The predicted octanol–water partition coefficient (Wildman–Crippen LogP) is 6.83. The Morgan fingerprint density at radius 3 is 2.21 bits per heavy atom. The second kappa shape index (κ2) is 6.86. The first kappa shape index (κ1) is 16.6. The van der Waals surface area contributed by atoms with Gasteiger partial charge in [0, 0.05) is 5.69 Å². The molecule has 0 unspecified atom stereocenters. The van der Waals surface area contributed by atoms with Gasteiger partial charge in [-0.1, -0.05) is 91.0 Å². The van der Waals surface area contributed by atoms with Crippen molar-refractivity contribution in [3.8, 4) is 11.1 Å². The highest BCUT2D eigenvalue weighted by Crippen LogP contribution is 2.30. The van der Waals surface area contributed by atoms with E-state index in [1.807, 2.05) is 18.2 Å². The summed E-state index contributed by atoms with van der Waals surface area (Å²) in [5, 5.41) is 5.16. The van der Waals surface area contributed by atoms with Crippen molar-refractivity contribution in [1.29, 1.82) is 0 Å². The van der Waals surface area contributed by atoms with E-state index in [2.05, 4.69) is 84.9 Å². The van der Waals surface area contributed by atoms with Crippen LogP contribution in [0.2, 0.25) is 0 Å². The molecule has 134 valence electrons. The van der Waals surface area contributed by atoms with Gasteiger partial charge in [0.15, 0.2) is 0 Å². The zero-order chi connectivity index (χ0) is 18.9. The van der Waals surface area contributed by atoms with Gasteiger partial charge in [-0.25, -0.2) is 0 Å². The fraction of sp³-hybridized carbons (Fsp3) is 0.0370. The van der Waals surface area contributed by atoms with Crippen LogP contribution in [0.5, 0.6) is 0 Å². The van der Waals surface area contributed by atoms with Crippen molar-refractivity contribution in [2.45, 2.75) is 6.42 Å². The van der Waals surface area contributed by atoms with Gasteiger partial charge in [-0.2, -0.15) is 0 Å². The Morgan fingerprint density at radius 1 is 0.536 bits per heavy atom. The van der Waals surface area contributed by atoms with Crippen LogP contribution in [0.4, 0.5) is 5.69 Å². The third kappa shape index (κ3) is 3.01. The van der Waals surface area contributed by atoms with Crippen molar-refractivity contribution < 1.29 is 0 Å². The monoisotopic (exact) mass is 359 g/mol. The lowest BCUT2D eigenvalue weighted by Gasteiger charge is -2.10. The van der Waals surface area contributed by atoms with Crippen LogP contribution in [-0.2, 0) is 6.42 Å². The number of anilines is 1.